The van der Waals surface area contributed by atoms with Gasteiger partial charge in [-0.15, -0.1) is 0 Å². The third-order valence-corrected chi connectivity index (χ3v) is 2.52. The fraction of sp³-hybridized carbons (Fsp3) is 0.875. The van der Waals surface area contributed by atoms with E-state index < -0.39 is 0 Å². The number of hydrogen-bond donors (Lipinski definition) is 0. The number of ether oxygens (including phenoxy) is 1. The average Bonchev–Trinajstić information content (AvgIpc) is 2.54. The van der Waals surface area contributed by atoms with Crippen LogP contribution in [0.3, 0.4) is 0 Å². The number of azide groups is 1. The molecule has 0 aromatic rings. The van der Waals surface area contributed by atoms with Crippen LogP contribution < -0.4 is 0 Å². The molecule has 0 amide bonds. The lowest BCUT2D eigenvalue weighted by molar-refractivity contribution is -0.154. The van der Waals surface area contributed by atoms with E-state index in [0.29, 0.717) is 0 Å². The van der Waals surface area contributed by atoms with Crippen LogP contribution in [0, 0.1) is 5.41 Å². The Balaban J connectivity index is 2.41. The van der Waals surface area contributed by atoms with E-state index in [0.717, 1.165) is 25.7 Å². The highest BCUT2D eigenvalue weighted by Gasteiger charge is 2.37. The Kier molecular flexibility index (Phi) is 3.14. The molecule has 0 N–H and O–H groups in total. The fourth-order valence-corrected chi connectivity index (χ4v) is 1.65. The van der Waals surface area contributed by atoms with Gasteiger partial charge in [-0.1, -0.05) is 18.0 Å². The molecule has 1 rings (SSSR count). The Morgan fingerprint density at radius 3 is 2.77 bits per heavy atom. The van der Waals surface area contributed by atoms with Crippen LogP contribution in [0.25, 0.3) is 10.4 Å². The number of carbonyl (C=O) groups is 1. The van der Waals surface area contributed by atoms with E-state index in [1.807, 2.05) is 6.92 Å². The topological polar surface area (TPSA) is 75.1 Å². The minimum absolute atomic E-state index is 0.190. The van der Waals surface area contributed by atoms with Crippen LogP contribution in [0.4, 0.5) is 0 Å². The smallest absolute Gasteiger partial charge is 0.311 e. The molecule has 72 valence electrons. The summed E-state index contributed by atoms with van der Waals surface area (Å²) in [5, 5.41) is 3.15. The van der Waals surface area contributed by atoms with Crippen molar-refractivity contribution in [3.63, 3.8) is 0 Å². The van der Waals surface area contributed by atoms with Crippen molar-refractivity contribution >= 4 is 5.97 Å². The highest BCUT2D eigenvalue weighted by Crippen LogP contribution is 2.38. The first kappa shape index (κ1) is 9.86. The van der Waals surface area contributed by atoms with Crippen molar-refractivity contribution in [1.82, 2.24) is 0 Å². The molecule has 0 atom stereocenters. The molecule has 1 aliphatic carbocycles. The summed E-state index contributed by atoms with van der Waals surface area (Å²) in [6.07, 6.45) is 3.91. The maximum Gasteiger partial charge on any atom is 0.311 e. The highest BCUT2D eigenvalue weighted by atomic mass is 16.5. The van der Waals surface area contributed by atoms with Gasteiger partial charge in [0.05, 0.1) is 5.41 Å². The van der Waals surface area contributed by atoms with Gasteiger partial charge < -0.3 is 4.74 Å². The molecule has 0 aromatic carbocycles. The minimum atomic E-state index is -0.342. The third-order valence-electron chi connectivity index (χ3n) is 2.52. The summed E-state index contributed by atoms with van der Waals surface area (Å²) >= 11 is 0. The van der Waals surface area contributed by atoms with Crippen molar-refractivity contribution in [1.29, 1.82) is 0 Å². The predicted molar refractivity (Wildman–Crippen MR) is 46.7 cm³/mol. The average molecular weight is 183 g/mol. The van der Waals surface area contributed by atoms with Gasteiger partial charge in [0, 0.05) is 4.91 Å². The predicted octanol–water partition coefficient (Wildman–Crippen LogP) is 2.38. The molecule has 0 spiro atoms. The SMILES string of the molecule is CC1(C(=O)OCN=[N+]=[N-])CCCC1. The number of carbonyl (C=O) groups excluding carboxylic acids is 1. The van der Waals surface area contributed by atoms with Crippen LogP contribution in [-0.2, 0) is 9.53 Å². The summed E-state index contributed by atoms with van der Waals surface area (Å²) in [4.78, 5) is 13.9. The Morgan fingerprint density at radius 2 is 2.23 bits per heavy atom. The Bertz CT molecular complexity index is 240. The Morgan fingerprint density at radius 1 is 1.62 bits per heavy atom. The van der Waals surface area contributed by atoms with Crippen LogP contribution in [0.2, 0.25) is 0 Å². The van der Waals surface area contributed by atoms with E-state index in [2.05, 4.69) is 10.0 Å². The van der Waals surface area contributed by atoms with Crippen molar-refractivity contribution in [3.05, 3.63) is 10.4 Å². The van der Waals surface area contributed by atoms with E-state index in [-0.39, 0.29) is 18.1 Å². The van der Waals surface area contributed by atoms with Gasteiger partial charge in [0.2, 0.25) is 0 Å². The van der Waals surface area contributed by atoms with Gasteiger partial charge in [-0.3, -0.25) is 4.79 Å². The van der Waals surface area contributed by atoms with Crippen LogP contribution in [0.5, 0.6) is 0 Å². The molecule has 1 saturated carbocycles. The lowest BCUT2D eigenvalue weighted by Gasteiger charge is -2.19. The summed E-state index contributed by atoms with van der Waals surface area (Å²) < 4.78 is 4.81. The van der Waals surface area contributed by atoms with E-state index in [1.54, 1.807) is 0 Å². The van der Waals surface area contributed by atoms with Gasteiger partial charge in [-0.2, -0.15) is 0 Å². The number of esters is 1. The molecule has 0 saturated heterocycles. The molecule has 5 heteroatoms. The zero-order valence-electron chi connectivity index (χ0n) is 7.69. The zero-order valence-corrected chi connectivity index (χ0v) is 7.69. The maximum atomic E-state index is 11.4. The second-order valence-corrected chi connectivity index (χ2v) is 3.56. The summed E-state index contributed by atoms with van der Waals surface area (Å²) in [6, 6.07) is 0. The molecule has 0 aromatic heterocycles. The fourth-order valence-electron chi connectivity index (χ4n) is 1.65. The van der Waals surface area contributed by atoms with Crippen LogP contribution in [-0.4, -0.2) is 12.7 Å². The van der Waals surface area contributed by atoms with Crippen molar-refractivity contribution in [2.24, 2.45) is 10.5 Å². The van der Waals surface area contributed by atoms with Crippen LogP contribution in [0.1, 0.15) is 32.6 Å². The maximum absolute atomic E-state index is 11.4. The molecule has 1 fully saturated rings. The van der Waals surface area contributed by atoms with Crippen molar-refractivity contribution in [2.75, 3.05) is 6.73 Å². The molecular formula is C8H13N3O2. The molecular weight excluding hydrogens is 170 g/mol. The number of nitrogens with zero attached hydrogens (tertiary/aromatic N) is 3. The molecule has 1 aliphatic rings. The molecule has 0 heterocycles. The molecule has 0 unspecified atom stereocenters. The summed E-state index contributed by atoms with van der Waals surface area (Å²) in [5.41, 5.74) is 7.63. The van der Waals surface area contributed by atoms with Gasteiger partial charge >= 0.3 is 5.97 Å². The summed E-state index contributed by atoms with van der Waals surface area (Å²) in [7, 11) is 0. The van der Waals surface area contributed by atoms with Gasteiger partial charge in [0.15, 0.2) is 6.73 Å². The molecule has 13 heavy (non-hydrogen) atoms. The highest BCUT2D eigenvalue weighted by molar-refractivity contribution is 5.76. The quantitative estimate of drug-likeness (QED) is 0.291. The van der Waals surface area contributed by atoms with E-state index in [4.69, 9.17) is 10.3 Å². The number of hydrogen-bond acceptors (Lipinski definition) is 3. The molecule has 0 radical (unpaired) electrons. The standard InChI is InChI=1S/C8H13N3O2/c1-8(4-2-3-5-8)7(12)13-6-10-11-9/h2-6H2,1H3. The van der Waals surface area contributed by atoms with Crippen molar-refractivity contribution in [2.45, 2.75) is 32.6 Å². The lowest BCUT2D eigenvalue weighted by atomic mass is 9.89. The van der Waals surface area contributed by atoms with E-state index in [9.17, 15) is 4.79 Å². The van der Waals surface area contributed by atoms with Gasteiger partial charge in [0.1, 0.15) is 0 Å². The molecule has 5 nitrogen and oxygen atoms in total. The van der Waals surface area contributed by atoms with Crippen LogP contribution in [0.15, 0.2) is 5.11 Å². The Hall–Kier alpha value is -1.22. The van der Waals surface area contributed by atoms with E-state index in [1.165, 1.54) is 0 Å². The molecule has 0 bridgehead atoms. The summed E-state index contributed by atoms with van der Waals surface area (Å²) in [6.45, 7) is 1.71. The first-order valence-electron chi connectivity index (χ1n) is 4.37. The summed E-state index contributed by atoms with van der Waals surface area (Å²) in [5.74, 6) is -0.239. The normalized spacial score (nSPS) is 19.2. The third kappa shape index (κ3) is 2.36. The number of rotatable bonds is 3. The van der Waals surface area contributed by atoms with Crippen LogP contribution >= 0.6 is 0 Å². The minimum Gasteiger partial charge on any atom is -0.459 e. The van der Waals surface area contributed by atoms with Gasteiger partial charge in [-0.25, -0.2) is 0 Å². The zero-order chi connectivity index (χ0) is 9.73. The Labute approximate surface area is 76.7 Å². The van der Waals surface area contributed by atoms with Gasteiger partial charge in [-0.05, 0) is 25.3 Å². The van der Waals surface area contributed by atoms with Gasteiger partial charge in [0.25, 0.3) is 0 Å². The van der Waals surface area contributed by atoms with Crippen molar-refractivity contribution < 1.29 is 9.53 Å². The first-order chi connectivity index (χ1) is 6.19. The second-order valence-electron chi connectivity index (χ2n) is 3.56. The second kappa shape index (κ2) is 4.14. The first-order valence-corrected chi connectivity index (χ1v) is 4.37. The monoisotopic (exact) mass is 183 g/mol. The lowest BCUT2D eigenvalue weighted by Crippen LogP contribution is -2.26. The van der Waals surface area contributed by atoms with E-state index >= 15 is 0 Å². The van der Waals surface area contributed by atoms with Crippen molar-refractivity contribution in [3.8, 4) is 0 Å². The molecule has 0 aliphatic heterocycles. The largest absolute Gasteiger partial charge is 0.459 e.